The van der Waals surface area contributed by atoms with E-state index in [1.165, 1.54) is 0 Å². The zero-order valence-electron chi connectivity index (χ0n) is 16.6. The second-order valence-corrected chi connectivity index (χ2v) is 7.66. The van der Waals surface area contributed by atoms with Crippen molar-refractivity contribution in [2.75, 3.05) is 19.7 Å². The van der Waals surface area contributed by atoms with Crippen LogP contribution in [0.25, 0.3) is 22.6 Å². The quantitative estimate of drug-likeness (QED) is 0.518. The number of H-pyrrole nitrogens is 1. The number of pyridine rings is 1. The fourth-order valence-corrected chi connectivity index (χ4v) is 3.80. The van der Waals surface area contributed by atoms with Crippen molar-refractivity contribution in [3.8, 4) is 22.9 Å². The molecule has 8 nitrogen and oxygen atoms in total. The number of nitrogens with zero attached hydrogens (tertiary/aromatic N) is 4. The van der Waals surface area contributed by atoms with E-state index < -0.39 is 0 Å². The summed E-state index contributed by atoms with van der Waals surface area (Å²) in [4.78, 5) is 12.2. The van der Waals surface area contributed by atoms with E-state index in [1.54, 1.807) is 10.9 Å². The van der Waals surface area contributed by atoms with Crippen molar-refractivity contribution in [1.29, 1.82) is 0 Å². The highest BCUT2D eigenvalue weighted by molar-refractivity contribution is 6.32. The minimum atomic E-state index is 0.0573. The molecule has 0 amide bonds. The van der Waals surface area contributed by atoms with Gasteiger partial charge in [0.15, 0.2) is 11.4 Å². The first kappa shape index (κ1) is 19.0. The number of hydrogen-bond donors (Lipinski definition) is 2. The number of aromatic nitrogens is 5. The van der Waals surface area contributed by atoms with Crippen LogP contribution in [0.5, 0.6) is 11.5 Å². The number of benzene rings is 1. The van der Waals surface area contributed by atoms with Crippen LogP contribution in [0.3, 0.4) is 0 Å². The molecule has 9 heteroatoms. The molecule has 1 aromatic carbocycles. The normalized spacial score (nSPS) is 16.8. The van der Waals surface area contributed by atoms with Crippen molar-refractivity contribution in [1.82, 2.24) is 30.0 Å². The number of hydrogen-bond acceptors (Lipinski definition) is 6. The molecule has 1 aliphatic heterocycles. The predicted octanol–water partition coefficient (Wildman–Crippen LogP) is 3.77. The summed E-state index contributed by atoms with van der Waals surface area (Å²) in [5, 5.41) is 8.12. The Hall–Kier alpha value is -2.94. The van der Waals surface area contributed by atoms with Crippen LogP contribution in [-0.2, 0) is 11.8 Å². The van der Waals surface area contributed by atoms with Gasteiger partial charge >= 0.3 is 0 Å². The molecule has 0 bridgehead atoms. The van der Waals surface area contributed by atoms with Gasteiger partial charge < -0.3 is 19.8 Å². The van der Waals surface area contributed by atoms with Gasteiger partial charge in [-0.05, 0) is 24.6 Å². The Balaban J connectivity index is 1.46. The summed E-state index contributed by atoms with van der Waals surface area (Å²) in [6, 6.07) is 7.85. The van der Waals surface area contributed by atoms with Crippen LogP contribution >= 0.6 is 11.6 Å². The fourth-order valence-electron chi connectivity index (χ4n) is 3.62. The van der Waals surface area contributed by atoms with Crippen LogP contribution in [-0.4, -0.2) is 44.4 Å². The van der Waals surface area contributed by atoms with E-state index in [4.69, 9.17) is 21.1 Å². The topological polar surface area (TPSA) is 89.9 Å². The molecule has 1 aliphatic rings. The van der Waals surface area contributed by atoms with Crippen molar-refractivity contribution in [2.24, 2.45) is 7.05 Å². The van der Waals surface area contributed by atoms with E-state index >= 15 is 0 Å². The maximum atomic E-state index is 6.42. The molecule has 0 radical (unpaired) electrons. The molecule has 1 fully saturated rings. The van der Waals surface area contributed by atoms with Crippen molar-refractivity contribution < 1.29 is 9.47 Å². The first-order valence-electron chi connectivity index (χ1n) is 9.73. The standard InChI is InChI=1S/C21H21ClN6O2/c1-12-15(11-28(2)27-12)20-25-18-19(16(22)9-24-21(18)26-20)30-14-5-3-13(4-6-14)17-10-23-7-8-29-17/h3-6,9,11,17,23H,7-8,10H2,1-2H3,(H,24,25,26)/t17-/m1/s1. The summed E-state index contributed by atoms with van der Waals surface area (Å²) in [6.45, 7) is 4.35. The zero-order chi connectivity index (χ0) is 20.7. The predicted molar refractivity (Wildman–Crippen MR) is 114 cm³/mol. The lowest BCUT2D eigenvalue weighted by molar-refractivity contribution is 0.0277. The molecule has 2 N–H and O–H groups in total. The van der Waals surface area contributed by atoms with Gasteiger partial charge in [-0.15, -0.1) is 0 Å². The number of ether oxygens (including phenoxy) is 2. The molecule has 4 heterocycles. The first-order chi connectivity index (χ1) is 14.6. The lowest BCUT2D eigenvalue weighted by Crippen LogP contribution is -2.33. The van der Waals surface area contributed by atoms with Crippen molar-refractivity contribution in [3.63, 3.8) is 0 Å². The minimum absolute atomic E-state index is 0.0573. The third-order valence-corrected chi connectivity index (χ3v) is 5.37. The Bertz CT molecular complexity index is 1190. The highest BCUT2D eigenvalue weighted by Crippen LogP contribution is 2.36. The maximum Gasteiger partial charge on any atom is 0.182 e. The van der Waals surface area contributed by atoms with Crippen molar-refractivity contribution in [2.45, 2.75) is 13.0 Å². The van der Waals surface area contributed by atoms with Gasteiger partial charge in [0, 0.05) is 26.3 Å². The number of rotatable bonds is 4. The number of morpholine rings is 1. The Morgan fingerprint density at radius 2 is 2.10 bits per heavy atom. The smallest absolute Gasteiger partial charge is 0.182 e. The summed E-state index contributed by atoms with van der Waals surface area (Å²) in [5.41, 5.74) is 4.06. The van der Waals surface area contributed by atoms with E-state index in [-0.39, 0.29) is 6.10 Å². The molecule has 3 aromatic heterocycles. The summed E-state index contributed by atoms with van der Waals surface area (Å²) in [5.74, 6) is 1.84. The van der Waals surface area contributed by atoms with Gasteiger partial charge in [-0.2, -0.15) is 5.10 Å². The molecular formula is C21H21ClN6O2. The SMILES string of the molecule is Cc1nn(C)cc1-c1nc2ncc(Cl)c(Oc3ccc([C@H]4CNCCO4)cc3)c2[nH]1. The van der Waals surface area contributed by atoms with Gasteiger partial charge in [0.2, 0.25) is 0 Å². The molecule has 0 unspecified atom stereocenters. The Kier molecular flexibility index (Phi) is 4.90. The largest absolute Gasteiger partial charge is 0.453 e. The summed E-state index contributed by atoms with van der Waals surface area (Å²) >= 11 is 6.42. The summed E-state index contributed by atoms with van der Waals surface area (Å²) < 4.78 is 13.7. The molecule has 0 aliphatic carbocycles. The third-order valence-electron chi connectivity index (χ3n) is 5.10. The van der Waals surface area contributed by atoms with Crippen LogP contribution in [0.1, 0.15) is 17.4 Å². The van der Waals surface area contributed by atoms with E-state index in [9.17, 15) is 0 Å². The van der Waals surface area contributed by atoms with Gasteiger partial charge in [0.25, 0.3) is 0 Å². The van der Waals surface area contributed by atoms with Crippen LogP contribution < -0.4 is 10.1 Å². The van der Waals surface area contributed by atoms with Gasteiger partial charge in [-0.25, -0.2) is 9.97 Å². The van der Waals surface area contributed by atoms with Gasteiger partial charge in [-0.1, -0.05) is 23.7 Å². The first-order valence-corrected chi connectivity index (χ1v) is 10.1. The molecule has 0 saturated carbocycles. The zero-order valence-corrected chi connectivity index (χ0v) is 17.4. The third kappa shape index (κ3) is 3.54. The molecular weight excluding hydrogens is 404 g/mol. The number of fused-ring (bicyclic) bond motifs is 1. The Morgan fingerprint density at radius 3 is 2.80 bits per heavy atom. The number of aromatic amines is 1. The van der Waals surface area contributed by atoms with E-state index in [0.717, 1.165) is 29.9 Å². The fraction of sp³-hybridized carbons (Fsp3) is 0.286. The Morgan fingerprint density at radius 1 is 1.27 bits per heavy atom. The monoisotopic (exact) mass is 424 g/mol. The number of halogens is 1. The lowest BCUT2D eigenvalue weighted by Gasteiger charge is -2.24. The maximum absolute atomic E-state index is 6.42. The molecule has 154 valence electrons. The van der Waals surface area contributed by atoms with Gasteiger partial charge in [0.1, 0.15) is 22.1 Å². The molecule has 30 heavy (non-hydrogen) atoms. The lowest BCUT2D eigenvalue weighted by atomic mass is 10.1. The second-order valence-electron chi connectivity index (χ2n) is 7.26. The molecule has 4 aromatic rings. The second kappa shape index (κ2) is 7.71. The van der Waals surface area contributed by atoms with Gasteiger partial charge in [0.05, 0.1) is 30.2 Å². The van der Waals surface area contributed by atoms with Crippen molar-refractivity contribution >= 4 is 22.8 Å². The number of imidazole rings is 1. The van der Waals surface area contributed by atoms with E-state index in [0.29, 0.717) is 40.1 Å². The van der Waals surface area contributed by atoms with Crippen LogP contribution in [0.2, 0.25) is 5.02 Å². The van der Waals surface area contributed by atoms with E-state index in [2.05, 4.69) is 25.4 Å². The highest BCUT2D eigenvalue weighted by Gasteiger charge is 2.19. The van der Waals surface area contributed by atoms with Gasteiger partial charge in [-0.3, -0.25) is 4.68 Å². The van der Waals surface area contributed by atoms with Crippen molar-refractivity contribution in [3.05, 3.63) is 52.9 Å². The average molecular weight is 425 g/mol. The van der Waals surface area contributed by atoms with E-state index in [1.807, 2.05) is 44.4 Å². The molecule has 1 atom stereocenters. The summed E-state index contributed by atoms with van der Waals surface area (Å²) in [6.07, 6.45) is 3.52. The Labute approximate surface area is 178 Å². The molecule has 0 spiro atoms. The summed E-state index contributed by atoms with van der Waals surface area (Å²) in [7, 11) is 1.88. The molecule has 5 rings (SSSR count). The number of aryl methyl sites for hydroxylation is 2. The minimum Gasteiger partial charge on any atom is -0.453 e. The van der Waals surface area contributed by atoms with Crippen LogP contribution in [0, 0.1) is 6.92 Å². The average Bonchev–Trinajstić information content (AvgIpc) is 3.34. The molecule has 1 saturated heterocycles. The highest BCUT2D eigenvalue weighted by atomic mass is 35.5. The van der Waals surface area contributed by atoms with Crippen LogP contribution in [0.15, 0.2) is 36.7 Å². The van der Waals surface area contributed by atoms with Crippen LogP contribution in [0.4, 0.5) is 0 Å². The number of nitrogens with one attached hydrogen (secondary N) is 2.